The molecule has 0 radical (unpaired) electrons. The lowest BCUT2D eigenvalue weighted by Crippen LogP contribution is -3.14. The van der Waals surface area contributed by atoms with Gasteiger partial charge in [-0.3, -0.25) is 4.90 Å². The van der Waals surface area contributed by atoms with Gasteiger partial charge in [0.1, 0.15) is 11.2 Å². The van der Waals surface area contributed by atoms with E-state index in [0.29, 0.717) is 0 Å². The Kier molecular flexibility index (Phi) is 4.55. The molecule has 118 valence electrons. The van der Waals surface area contributed by atoms with Crippen molar-refractivity contribution < 1.29 is 17.3 Å². The summed E-state index contributed by atoms with van der Waals surface area (Å²) in [5.41, 5.74) is 2.89. The Bertz CT molecular complexity index is 552. The van der Waals surface area contributed by atoms with Crippen molar-refractivity contribution in [3.63, 3.8) is 0 Å². The second kappa shape index (κ2) is 5.94. The standard InChI is InChI=1S/C19H24N2.ClH/c1-18(2)19(3,4)21(17-13-9-6-10-14-17)15-20(18)16-11-7-5-8-12-16;/h5-14H,15H2,1-4H3;1H. The summed E-state index contributed by atoms with van der Waals surface area (Å²) in [5.74, 6) is 0. The van der Waals surface area contributed by atoms with E-state index in [2.05, 4.69) is 93.3 Å². The van der Waals surface area contributed by atoms with Gasteiger partial charge in [-0.2, -0.15) is 0 Å². The van der Waals surface area contributed by atoms with Crippen LogP contribution in [-0.2, 0) is 0 Å². The molecule has 0 bridgehead atoms. The van der Waals surface area contributed by atoms with Crippen molar-refractivity contribution in [2.24, 2.45) is 0 Å². The molecule has 1 unspecified atom stereocenters. The Morgan fingerprint density at radius 3 is 1.86 bits per heavy atom. The molecule has 1 fully saturated rings. The van der Waals surface area contributed by atoms with Gasteiger partial charge in [0.15, 0.2) is 6.67 Å². The van der Waals surface area contributed by atoms with E-state index in [0.717, 1.165) is 6.67 Å². The molecule has 3 heteroatoms. The minimum Gasteiger partial charge on any atom is -1.00 e. The predicted molar refractivity (Wildman–Crippen MR) is 89.0 cm³/mol. The van der Waals surface area contributed by atoms with Crippen molar-refractivity contribution in [1.29, 1.82) is 0 Å². The molecule has 0 amide bonds. The molecule has 0 aliphatic carbocycles. The Morgan fingerprint density at radius 2 is 1.32 bits per heavy atom. The molecular formula is C19H25ClN2. The summed E-state index contributed by atoms with van der Waals surface area (Å²) < 4.78 is 0. The highest BCUT2D eigenvalue weighted by Crippen LogP contribution is 2.35. The Hall–Kier alpha value is -1.51. The molecule has 1 aliphatic rings. The highest BCUT2D eigenvalue weighted by molar-refractivity contribution is 5.50. The van der Waals surface area contributed by atoms with Gasteiger partial charge in [0.2, 0.25) is 0 Å². The normalized spacial score (nSPS) is 22.2. The monoisotopic (exact) mass is 316 g/mol. The molecule has 3 rings (SSSR count). The highest BCUT2D eigenvalue weighted by atomic mass is 35.5. The van der Waals surface area contributed by atoms with E-state index in [1.807, 2.05) is 0 Å². The fourth-order valence-corrected chi connectivity index (χ4v) is 3.37. The number of nitrogens with zero attached hydrogens (tertiary/aromatic N) is 1. The van der Waals surface area contributed by atoms with Crippen LogP contribution in [0.2, 0.25) is 0 Å². The van der Waals surface area contributed by atoms with Crippen LogP contribution >= 0.6 is 0 Å². The molecule has 22 heavy (non-hydrogen) atoms. The van der Waals surface area contributed by atoms with Gasteiger partial charge in [0, 0.05) is 5.69 Å². The molecule has 2 aromatic rings. The fraction of sp³-hybridized carbons (Fsp3) is 0.368. The summed E-state index contributed by atoms with van der Waals surface area (Å²) >= 11 is 0. The quantitative estimate of drug-likeness (QED) is 0.834. The van der Waals surface area contributed by atoms with Crippen molar-refractivity contribution in [3.05, 3.63) is 60.7 Å². The third-order valence-corrected chi connectivity index (χ3v) is 5.47. The third-order valence-electron chi connectivity index (χ3n) is 5.47. The zero-order valence-electron chi connectivity index (χ0n) is 13.8. The van der Waals surface area contributed by atoms with Gasteiger partial charge in [-0.1, -0.05) is 36.4 Å². The van der Waals surface area contributed by atoms with Crippen molar-refractivity contribution in [3.8, 4) is 0 Å². The zero-order chi connectivity index (χ0) is 15.1. The van der Waals surface area contributed by atoms with Gasteiger partial charge >= 0.3 is 0 Å². The van der Waals surface area contributed by atoms with Crippen LogP contribution in [0.1, 0.15) is 27.7 Å². The van der Waals surface area contributed by atoms with Gasteiger partial charge in [-0.25, -0.2) is 0 Å². The first-order valence-electron chi connectivity index (χ1n) is 7.69. The number of hydrogen-bond donors (Lipinski definition) is 1. The molecular weight excluding hydrogens is 292 g/mol. The van der Waals surface area contributed by atoms with Crippen LogP contribution in [0.5, 0.6) is 0 Å². The van der Waals surface area contributed by atoms with E-state index in [4.69, 9.17) is 0 Å². The number of quaternary nitrogens is 1. The number of hydrogen-bond acceptors (Lipinski definition) is 1. The average molecular weight is 317 g/mol. The molecule has 1 aliphatic heterocycles. The number of para-hydroxylation sites is 2. The lowest BCUT2D eigenvalue weighted by molar-refractivity contribution is -0.873. The first-order chi connectivity index (χ1) is 9.94. The van der Waals surface area contributed by atoms with Gasteiger partial charge < -0.3 is 17.3 Å². The molecule has 1 atom stereocenters. The largest absolute Gasteiger partial charge is 1.00 e. The zero-order valence-corrected chi connectivity index (χ0v) is 14.6. The minimum atomic E-state index is 0. The van der Waals surface area contributed by atoms with Crippen molar-refractivity contribution in [1.82, 2.24) is 0 Å². The topological polar surface area (TPSA) is 7.68 Å². The van der Waals surface area contributed by atoms with Gasteiger partial charge in [0.05, 0.1) is 5.54 Å². The smallest absolute Gasteiger partial charge is 0.158 e. The molecule has 0 aromatic heterocycles. The summed E-state index contributed by atoms with van der Waals surface area (Å²) in [6, 6.07) is 21.6. The Labute approximate surface area is 140 Å². The summed E-state index contributed by atoms with van der Waals surface area (Å²) in [6.07, 6.45) is 0. The van der Waals surface area contributed by atoms with Gasteiger partial charge in [-0.05, 0) is 52.0 Å². The molecule has 1 saturated heterocycles. The van der Waals surface area contributed by atoms with E-state index in [9.17, 15) is 0 Å². The number of halogens is 1. The number of benzene rings is 2. The summed E-state index contributed by atoms with van der Waals surface area (Å²) in [7, 11) is 0. The van der Waals surface area contributed by atoms with Crippen LogP contribution in [0, 0.1) is 0 Å². The van der Waals surface area contributed by atoms with Gasteiger partial charge in [-0.15, -0.1) is 0 Å². The summed E-state index contributed by atoms with van der Waals surface area (Å²) in [5, 5.41) is 0. The fourth-order valence-electron chi connectivity index (χ4n) is 3.37. The second-order valence-electron chi connectivity index (χ2n) is 6.95. The number of anilines is 1. The lowest BCUT2D eigenvalue weighted by atomic mass is 9.82. The first kappa shape index (κ1) is 16.9. The Balaban J connectivity index is 0.00000176. The van der Waals surface area contributed by atoms with E-state index in [1.165, 1.54) is 16.3 Å². The van der Waals surface area contributed by atoms with Crippen LogP contribution in [0.4, 0.5) is 11.4 Å². The molecule has 2 nitrogen and oxygen atoms in total. The van der Waals surface area contributed by atoms with Crippen molar-refractivity contribution in [2.45, 2.75) is 38.8 Å². The SMILES string of the molecule is CC1(C)N(c2ccccc2)C[NH+](c2ccccc2)C1(C)C.[Cl-]. The maximum Gasteiger partial charge on any atom is 0.158 e. The summed E-state index contributed by atoms with van der Waals surface area (Å²) in [4.78, 5) is 4.06. The third kappa shape index (κ3) is 2.51. The molecule has 2 aromatic carbocycles. The van der Waals surface area contributed by atoms with Gasteiger partial charge in [0.25, 0.3) is 0 Å². The predicted octanol–water partition coefficient (Wildman–Crippen LogP) is 0.242. The van der Waals surface area contributed by atoms with Crippen molar-refractivity contribution >= 4 is 11.4 Å². The van der Waals surface area contributed by atoms with Crippen LogP contribution < -0.4 is 22.2 Å². The Morgan fingerprint density at radius 1 is 0.818 bits per heavy atom. The molecule has 1 heterocycles. The minimum absolute atomic E-state index is 0. The average Bonchev–Trinajstić information content (AvgIpc) is 2.67. The maximum atomic E-state index is 2.54. The number of rotatable bonds is 2. The molecule has 0 saturated carbocycles. The highest BCUT2D eigenvalue weighted by Gasteiger charge is 2.56. The van der Waals surface area contributed by atoms with Crippen LogP contribution in [0.25, 0.3) is 0 Å². The van der Waals surface area contributed by atoms with E-state index < -0.39 is 0 Å². The van der Waals surface area contributed by atoms with Crippen LogP contribution in [0.3, 0.4) is 0 Å². The second-order valence-corrected chi connectivity index (χ2v) is 6.95. The van der Waals surface area contributed by atoms with E-state index in [-0.39, 0.29) is 23.5 Å². The number of nitrogens with one attached hydrogen (secondary N) is 1. The van der Waals surface area contributed by atoms with Crippen LogP contribution in [0.15, 0.2) is 60.7 Å². The first-order valence-corrected chi connectivity index (χ1v) is 7.69. The van der Waals surface area contributed by atoms with E-state index in [1.54, 1.807) is 0 Å². The summed E-state index contributed by atoms with van der Waals surface area (Å²) in [6.45, 7) is 10.5. The van der Waals surface area contributed by atoms with E-state index >= 15 is 0 Å². The van der Waals surface area contributed by atoms with Crippen molar-refractivity contribution in [2.75, 3.05) is 11.6 Å². The lowest BCUT2D eigenvalue weighted by Gasteiger charge is -2.39. The van der Waals surface area contributed by atoms with Crippen LogP contribution in [-0.4, -0.2) is 17.7 Å². The molecule has 1 N–H and O–H groups in total. The molecule has 0 spiro atoms. The maximum absolute atomic E-state index is 2.54.